The van der Waals surface area contributed by atoms with Crippen molar-refractivity contribution >= 4 is 0 Å². The molecule has 0 spiro atoms. The first-order valence-corrected chi connectivity index (χ1v) is 4.87. The van der Waals surface area contributed by atoms with Crippen molar-refractivity contribution in [1.29, 1.82) is 0 Å². The summed E-state index contributed by atoms with van der Waals surface area (Å²) in [6, 6.07) is 0. The van der Waals surface area contributed by atoms with Crippen LogP contribution < -0.4 is 0 Å². The number of aliphatic hydroxyl groups is 5. The topological polar surface area (TPSA) is 110 Å². The lowest BCUT2D eigenvalue weighted by atomic mass is 10.5. The van der Waals surface area contributed by atoms with Crippen molar-refractivity contribution in [3.8, 4) is 0 Å². The molecule has 0 radical (unpaired) electrons. The summed E-state index contributed by atoms with van der Waals surface area (Å²) in [5, 5.41) is 39.3. The zero-order chi connectivity index (χ0) is 12.4. The Morgan fingerprint density at radius 3 is 1.13 bits per heavy atom. The van der Waals surface area contributed by atoms with Crippen LogP contribution in [0.5, 0.6) is 0 Å². The number of aliphatic hydroxyl groups excluding tert-OH is 5. The van der Waals surface area contributed by atoms with Crippen molar-refractivity contribution in [1.82, 2.24) is 0 Å². The fraction of sp³-hybridized carbons (Fsp3) is 1.00. The lowest BCUT2D eigenvalue weighted by molar-refractivity contribution is 0.0650. The molecular formula is C9H24O6. The van der Waals surface area contributed by atoms with E-state index in [-0.39, 0.29) is 26.4 Å². The predicted octanol–water partition coefficient (Wildman–Crippen LogP) is -1.65. The average Bonchev–Trinajstić information content (AvgIpc) is 2.30. The van der Waals surface area contributed by atoms with E-state index in [2.05, 4.69) is 4.74 Å². The van der Waals surface area contributed by atoms with Crippen LogP contribution in [0.1, 0.15) is 13.3 Å². The summed E-state index contributed by atoms with van der Waals surface area (Å²) in [5.41, 5.74) is 0. The van der Waals surface area contributed by atoms with Crippen LogP contribution in [-0.4, -0.2) is 71.8 Å². The lowest BCUT2D eigenvalue weighted by Gasteiger charge is -1.94. The van der Waals surface area contributed by atoms with Gasteiger partial charge in [-0.15, -0.1) is 0 Å². The van der Waals surface area contributed by atoms with Gasteiger partial charge in [0.25, 0.3) is 0 Å². The molecule has 0 unspecified atom stereocenters. The van der Waals surface area contributed by atoms with Gasteiger partial charge in [0.2, 0.25) is 0 Å². The van der Waals surface area contributed by atoms with Crippen molar-refractivity contribution in [2.45, 2.75) is 13.3 Å². The van der Waals surface area contributed by atoms with Gasteiger partial charge in [0.15, 0.2) is 0 Å². The minimum atomic E-state index is -0.125. The minimum Gasteiger partial charge on any atom is -0.396 e. The van der Waals surface area contributed by atoms with Gasteiger partial charge in [-0.05, 0) is 6.42 Å². The van der Waals surface area contributed by atoms with E-state index in [1.807, 2.05) is 6.92 Å². The van der Waals surface area contributed by atoms with E-state index < -0.39 is 0 Å². The fourth-order valence-corrected chi connectivity index (χ4v) is 0.231. The van der Waals surface area contributed by atoms with E-state index >= 15 is 0 Å². The van der Waals surface area contributed by atoms with Crippen LogP contribution in [0.25, 0.3) is 0 Å². The van der Waals surface area contributed by atoms with E-state index in [1.165, 1.54) is 0 Å². The Labute approximate surface area is 90.8 Å². The number of hydrogen-bond donors (Lipinski definition) is 5. The second-order valence-electron chi connectivity index (χ2n) is 2.23. The summed E-state index contributed by atoms with van der Waals surface area (Å²) < 4.78 is 4.63. The first kappa shape index (κ1) is 20.2. The summed E-state index contributed by atoms with van der Waals surface area (Å²) in [4.78, 5) is 0. The molecule has 6 nitrogen and oxygen atoms in total. The van der Waals surface area contributed by atoms with Crippen LogP contribution in [0.15, 0.2) is 0 Å². The van der Waals surface area contributed by atoms with Crippen molar-refractivity contribution in [3.05, 3.63) is 0 Å². The Kier molecular flexibility index (Phi) is 39.3. The lowest BCUT2D eigenvalue weighted by Crippen LogP contribution is -2.03. The van der Waals surface area contributed by atoms with Gasteiger partial charge in [-0.1, -0.05) is 6.92 Å². The highest BCUT2D eigenvalue weighted by Gasteiger charge is 1.79. The smallest absolute Gasteiger partial charge is 0.0698 e. The summed E-state index contributed by atoms with van der Waals surface area (Å²) >= 11 is 0. The van der Waals surface area contributed by atoms with Crippen LogP contribution in [0.3, 0.4) is 0 Å². The molecule has 0 aromatic carbocycles. The molecule has 0 bridgehead atoms. The van der Waals surface area contributed by atoms with Crippen molar-refractivity contribution in [3.63, 3.8) is 0 Å². The second kappa shape index (κ2) is 29.2. The molecule has 0 aromatic rings. The molecule has 0 aliphatic carbocycles. The van der Waals surface area contributed by atoms with E-state index in [9.17, 15) is 0 Å². The molecule has 15 heavy (non-hydrogen) atoms. The highest BCUT2D eigenvalue weighted by Crippen LogP contribution is 1.68. The Bertz CT molecular complexity index is 59.6. The molecule has 0 rings (SSSR count). The van der Waals surface area contributed by atoms with E-state index in [1.54, 1.807) is 0 Å². The maximum absolute atomic E-state index is 8.09. The van der Waals surface area contributed by atoms with Crippen molar-refractivity contribution in [2.75, 3.05) is 46.2 Å². The van der Waals surface area contributed by atoms with E-state index in [0.29, 0.717) is 19.8 Å². The number of ether oxygens (including phenoxy) is 1. The SMILES string of the molecule is CCCO.OCCO.OCCOCCO. The predicted molar refractivity (Wildman–Crippen MR) is 56.5 cm³/mol. The summed E-state index contributed by atoms with van der Waals surface area (Å²) in [6.07, 6.45) is 0.875. The van der Waals surface area contributed by atoms with Gasteiger partial charge in [0.05, 0.1) is 39.6 Å². The molecular weight excluding hydrogens is 204 g/mol. The molecule has 0 saturated carbocycles. The van der Waals surface area contributed by atoms with Gasteiger partial charge in [0, 0.05) is 6.61 Å². The van der Waals surface area contributed by atoms with Crippen LogP contribution >= 0.6 is 0 Å². The third-order valence-corrected chi connectivity index (χ3v) is 0.795. The Morgan fingerprint density at radius 1 is 0.667 bits per heavy atom. The van der Waals surface area contributed by atoms with E-state index in [0.717, 1.165) is 6.42 Å². The first-order chi connectivity index (χ1) is 7.24. The van der Waals surface area contributed by atoms with Crippen molar-refractivity contribution < 1.29 is 30.3 Å². The van der Waals surface area contributed by atoms with Gasteiger partial charge in [-0.2, -0.15) is 0 Å². The zero-order valence-electron chi connectivity index (χ0n) is 9.30. The molecule has 0 aliphatic rings. The summed E-state index contributed by atoms with van der Waals surface area (Å²) in [5.74, 6) is 0. The third kappa shape index (κ3) is 57.4. The molecule has 0 aromatic heterocycles. The van der Waals surface area contributed by atoms with Gasteiger partial charge >= 0.3 is 0 Å². The highest BCUT2D eigenvalue weighted by atomic mass is 16.5. The van der Waals surface area contributed by atoms with Gasteiger partial charge in [0.1, 0.15) is 0 Å². The molecule has 0 amide bonds. The molecule has 0 fully saturated rings. The molecule has 0 heterocycles. The number of rotatable bonds is 6. The maximum Gasteiger partial charge on any atom is 0.0698 e. The quantitative estimate of drug-likeness (QED) is 0.348. The Morgan fingerprint density at radius 2 is 1.00 bits per heavy atom. The molecule has 5 N–H and O–H groups in total. The van der Waals surface area contributed by atoms with Crippen molar-refractivity contribution in [2.24, 2.45) is 0 Å². The molecule has 0 aliphatic heterocycles. The highest BCUT2D eigenvalue weighted by molar-refractivity contribution is 4.24. The zero-order valence-corrected chi connectivity index (χ0v) is 9.30. The third-order valence-electron chi connectivity index (χ3n) is 0.795. The van der Waals surface area contributed by atoms with Crippen LogP contribution in [-0.2, 0) is 4.74 Å². The van der Waals surface area contributed by atoms with Gasteiger partial charge < -0.3 is 30.3 Å². The normalized spacial score (nSPS) is 8.40. The van der Waals surface area contributed by atoms with Crippen LogP contribution in [0.4, 0.5) is 0 Å². The van der Waals surface area contributed by atoms with Crippen LogP contribution in [0.2, 0.25) is 0 Å². The molecule has 96 valence electrons. The fourth-order valence-electron chi connectivity index (χ4n) is 0.231. The largest absolute Gasteiger partial charge is 0.396 e. The first-order valence-electron chi connectivity index (χ1n) is 4.87. The Hall–Kier alpha value is -0.240. The maximum atomic E-state index is 8.09. The van der Waals surface area contributed by atoms with Crippen LogP contribution in [0, 0.1) is 0 Å². The van der Waals surface area contributed by atoms with Gasteiger partial charge in [-0.3, -0.25) is 0 Å². The molecule has 0 saturated heterocycles. The standard InChI is InChI=1S/C4H10O3.C3H8O.C2H6O2/c5-1-3-7-4-2-6;1-2-3-4;3-1-2-4/h5-6H,1-4H2;4H,2-3H2,1H3;3-4H,1-2H2. The minimum absolute atomic E-state index is 0.0278. The average molecular weight is 228 g/mol. The monoisotopic (exact) mass is 228 g/mol. The summed E-state index contributed by atoms with van der Waals surface area (Å²) in [7, 11) is 0. The Balaban J connectivity index is -0.000000155. The van der Waals surface area contributed by atoms with Gasteiger partial charge in [-0.25, -0.2) is 0 Å². The van der Waals surface area contributed by atoms with E-state index in [4.69, 9.17) is 25.5 Å². The number of hydrogen-bond acceptors (Lipinski definition) is 6. The second-order valence-corrected chi connectivity index (χ2v) is 2.23. The summed E-state index contributed by atoms with van der Waals surface area (Å²) in [6.45, 7) is 2.70. The molecule has 6 heteroatoms. The molecule has 0 atom stereocenters.